The Morgan fingerprint density at radius 1 is 0.689 bits per heavy atom. The van der Waals surface area contributed by atoms with Crippen molar-refractivity contribution in [3.63, 3.8) is 0 Å². The fourth-order valence-electron chi connectivity index (χ4n) is 8.74. The number of rotatable bonds is 7. The normalized spacial score (nSPS) is 43.9. The zero-order valence-corrected chi connectivity index (χ0v) is 29.6. The molecule has 6 fully saturated rings. The molecule has 0 aromatic carbocycles. The second-order valence-electron chi connectivity index (χ2n) is 14.3. The minimum Gasteiger partial charge on any atom is -0.391 e. The zero-order chi connectivity index (χ0) is 30.9. The topological polar surface area (TPSA) is 123 Å². The number of azo groups is 2. The summed E-state index contributed by atoms with van der Waals surface area (Å²) >= 11 is 12.4. The summed E-state index contributed by atoms with van der Waals surface area (Å²) in [7, 11) is 0. The van der Waals surface area contributed by atoms with Crippen LogP contribution in [0.5, 0.6) is 0 Å². The fourth-order valence-corrected chi connectivity index (χ4v) is 9.47. The van der Waals surface area contributed by atoms with E-state index in [0.29, 0.717) is 18.4 Å². The average Bonchev–Trinajstić information content (AvgIpc) is 3.04. The quantitative estimate of drug-likeness (QED) is 0.135. The van der Waals surface area contributed by atoms with Crippen LogP contribution in [0.4, 0.5) is 0 Å². The summed E-state index contributed by atoms with van der Waals surface area (Å²) in [5, 5.41) is 45.6. The number of hydrogen-bond acceptors (Lipinski definition) is 9. The Balaban J connectivity index is 0.000000201. The molecule has 262 valence electrons. The van der Waals surface area contributed by atoms with Crippen LogP contribution in [0.25, 0.3) is 0 Å². The maximum atomic E-state index is 10.4. The molecule has 9 nitrogen and oxygen atoms in total. The maximum absolute atomic E-state index is 10.4. The van der Waals surface area contributed by atoms with E-state index >= 15 is 0 Å². The van der Waals surface area contributed by atoms with Gasteiger partial charge in [-0.1, -0.05) is 45.4 Å². The number of alkyl halides is 2. The van der Waals surface area contributed by atoms with Crippen LogP contribution in [0.1, 0.15) is 110 Å². The van der Waals surface area contributed by atoms with Crippen LogP contribution in [0, 0.1) is 23.7 Å². The molecule has 2 saturated heterocycles. The molecule has 2 aliphatic heterocycles. The van der Waals surface area contributed by atoms with Crippen LogP contribution in [0.2, 0.25) is 0 Å². The van der Waals surface area contributed by atoms with E-state index in [1.807, 2.05) is 0 Å². The largest absolute Gasteiger partial charge is 0.391 e. The number of aliphatic hydroxyl groups is 2. The Labute approximate surface area is 291 Å². The molecule has 0 spiro atoms. The molecule has 6 rings (SSSR count). The van der Waals surface area contributed by atoms with E-state index in [1.54, 1.807) is 0 Å². The average molecular weight is 716 g/mol. The van der Waals surface area contributed by atoms with Gasteiger partial charge in [0.1, 0.15) is 12.3 Å². The second kappa shape index (κ2) is 19.3. The molecule has 2 heterocycles. The zero-order valence-electron chi connectivity index (χ0n) is 27.1. The molecule has 0 radical (unpaired) electrons. The van der Waals surface area contributed by atoms with Gasteiger partial charge in [-0.2, -0.15) is 20.5 Å². The SMILES string of the molecule is CCCOC1CCCNC1N=NC1C(O)CCC2CCCCC21.OC1CCC2CCCCC2C1N=NC1NCC(Cl)CC1Cl.[Ni]. The summed E-state index contributed by atoms with van der Waals surface area (Å²) in [6, 6.07) is -0.0342. The van der Waals surface area contributed by atoms with Crippen molar-refractivity contribution in [1.29, 1.82) is 0 Å². The number of nitrogens with zero attached hydrogens (tertiary/aromatic N) is 4. The van der Waals surface area contributed by atoms with Gasteiger partial charge in [-0.05, 0) is 94.4 Å². The molecule has 45 heavy (non-hydrogen) atoms. The summed E-state index contributed by atoms with van der Waals surface area (Å²) in [5.74, 6) is 2.52. The van der Waals surface area contributed by atoms with Gasteiger partial charge in [0, 0.05) is 35.0 Å². The Bertz CT molecular complexity index is 924. The molecule has 0 amide bonds. The van der Waals surface area contributed by atoms with Crippen molar-refractivity contribution < 1.29 is 31.4 Å². The van der Waals surface area contributed by atoms with Gasteiger partial charge >= 0.3 is 0 Å². The Morgan fingerprint density at radius 2 is 1.27 bits per heavy atom. The molecule has 0 aromatic heterocycles. The van der Waals surface area contributed by atoms with Gasteiger partial charge in [-0.25, -0.2) is 0 Å². The van der Waals surface area contributed by atoms with Crippen LogP contribution >= 0.6 is 23.2 Å². The smallest absolute Gasteiger partial charge is 0.147 e. The molecule has 0 aromatic rings. The molecule has 4 N–H and O–H groups in total. The number of hydrogen-bond donors (Lipinski definition) is 4. The third kappa shape index (κ3) is 10.5. The molecular formula is C33H58Cl2N6NiO3. The van der Waals surface area contributed by atoms with Gasteiger partial charge in [0.25, 0.3) is 0 Å². The van der Waals surface area contributed by atoms with Crippen LogP contribution < -0.4 is 10.6 Å². The Hall–Kier alpha value is 0.0735. The molecule has 13 atom stereocenters. The molecule has 0 bridgehead atoms. The van der Waals surface area contributed by atoms with E-state index in [1.165, 1.54) is 57.8 Å². The fraction of sp³-hybridized carbons (Fsp3) is 1.00. The van der Waals surface area contributed by atoms with Gasteiger partial charge in [0.15, 0.2) is 0 Å². The minimum absolute atomic E-state index is 0. The van der Waals surface area contributed by atoms with Crippen molar-refractivity contribution in [3.8, 4) is 0 Å². The number of piperidine rings is 2. The molecule has 13 unspecified atom stereocenters. The van der Waals surface area contributed by atoms with Gasteiger partial charge in [-0.3, -0.25) is 10.6 Å². The first-order chi connectivity index (χ1) is 21.4. The first-order valence-electron chi connectivity index (χ1n) is 18.0. The number of fused-ring (bicyclic) bond motifs is 2. The van der Waals surface area contributed by atoms with E-state index < -0.39 is 0 Å². The van der Waals surface area contributed by atoms with Crippen molar-refractivity contribution in [2.24, 2.45) is 44.1 Å². The van der Waals surface area contributed by atoms with Crippen LogP contribution in [-0.4, -0.2) is 83.4 Å². The van der Waals surface area contributed by atoms with E-state index in [4.69, 9.17) is 27.9 Å². The second-order valence-corrected chi connectivity index (χ2v) is 15.5. The standard InChI is InChI=1S/C18H33N3O2.C15H25Cl2N3O.Ni/c1-2-12-23-16-8-5-11-19-18(16)21-20-17-14-7-4-3-6-13(14)9-10-15(17)22;16-10-7-12(17)15(18-8-10)20-19-14-11-4-2-1-3-9(11)5-6-13(14)21;/h13-19,22H,2-12H2,1H3;9-15,18,21H,1-8H2;. The molecule has 4 aliphatic carbocycles. The van der Waals surface area contributed by atoms with Crippen LogP contribution in [0.3, 0.4) is 0 Å². The van der Waals surface area contributed by atoms with Crippen LogP contribution in [0.15, 0.2) is 20.5 Å². The number of halogens is 2. The van der Waals surface area contributed by atoms with Gasteiger partial charge < -0.3 is 14.9 Å². The number of ether oxygens (including phenoxy) is 1. The predicted octanol–water partition coefficient (Wildman–Crippen LogP) is 6.57. The third-order valence-electron chi connectivity index (χ3n) is 11.2. The van der Waals surface area contributed by atoms with E-state index in [0.717, 1.165) is 69.9 Å². The molecular weight excluding hydrogens is 658 g/mol. The first-order valence-corrected chi connectivity index (χ1v) is 18.8. The Morgan fingerprint density at radius 3 is 1.84 bits per heavy atom. The molecule has 6 aliphatic rings. The van der Waals surface area contributed by atoms with Crippen molar-refractivity contribution in [2.75, 3.05) is 19.7 Å². The van der Waals surface area contributed by atoms with E-state index in [9.17, 15) is 10.2 Å². The summed E-state index contributed by atoms with van der Waals surface area (Å²) in [6.45, 7) is 4.62. The third-order valence-corrected chi connectivity index (χ3v) is 11.9. The summed E-state index contributed by atoms with van der Waals surface area (Å²) in [5.41, 5.74) is 0. The van der Waals surface area contributed by atoms with Gasteiger partial charge in [0.05, 0.1) is 35.8 Å². The van der Waals surface area contributed by atoms with Gasteiger partial charge in [0.2, 0.25) is 0 Å². The van der Waals surface area contributed by atoms with Crippen molar-refractivity contribution in [2.45, 2.75) is 163 Å². The summed E-state index contributed by atoms with van der Waals surface area (Å²) in [4.78, 5) is 0. The van der Waals surface area contributed by atoms with Crippen molar-refractivity contribution in [1.82, 2.24) is 10.6 Å². The minimum atomic E-state index is -0.341. The van der Waals surface area contributed by atoms with Gasteiger partial charge in [-0.15, -0.1) is 23.2 Å². The van der Waals surface area contributed by atoms with Crippen molar-refractivity contribution in [3.05, 3.63) is 0 Å². The van der Waals surface area contributed by atoms with E-state index in [2.05, 4.69) is 38.0 Å². The first kappa shape index (κ1) is 37.9. The summed E-state index contributed by atoms with van der Waals surface area (Å²) in [6.07, 6.45) is 17.5. The number of nitrogens with one attached hydrogen (secondary N) is 2. The number of aliphatic hydroxyl groups excluding tert-OH is 2. The Kier molecular flexibility index (Phi) is 16.3. The monoisotopic (exact) mass is 714 g/mol. The maximum Gasteiger partial charge on any atom is 0.147 e. The van der Waals surface area contributed by atoms with E-state index in [-0.39, 0.29) is 70.0 Å². The predicted molar refractivity (Wildman–Crippen MR) is 175 cm³/mol. The molecule has 12 heteroatoms. The summed E-state index contributed by atoms with van der Waals surface area (Å²) < 4.78 is 5.94. The molecule has 4 saturated carbocycles. The van der Waals surface area contributed by atoms with Crippen molar-refractivity contribution >= 4 is 23.2 Å². The van der Waals surface area contributed by atoms with Crippen LogP contribution in [-0.2, 0) is 21.2 Å².